The van der Waals surface area contributed by atoms with E-state index in [1.54, 1.807) is 14.2 Å². The van der Waals surface area contributed by atoms with Crippen molar-refractivity contribution in [1.82, 2.24) is 4.98 Å². The topological polar surface area (TPSA) is 77.5 Å². The van der Waals surface area contributed by atoms with Crippen LogP contribution < -0.4 is 14.8 Å². The molecule has 0 atom stereocenters. The zero-order valence-electron chi connectivity index (χ0n) is 16.8. The van der Waals surface area contributed by atoms with Gasteiger partial charge >= 0.3 is 0 Å². The van der Waals surface area contributed by atoms with Gasteiger partial charge in [0.1, 0.15) is 17.2 Å². The highest BCUT2D eigenvalue weighted by Crippen LogP contribution is 2.49. The molecule has 1 aromatic heterocycles. The Morgan fingerprint density at radius 2 is 1.87 bits per heavy atom. The van der Waals surface area contributed by atoms with Gasteiger partial charge in [0.25, 0.3) is 0 Å². The monoisotopic (exact) mass is 422 g/mol. The van der Waals surface area contributed by atoms with Crippen LogP contribution in [0.1, 0.15) is 39.3 Å². The Kier molecular flexibility index (Phi) is 5.55. The van der Waals surface area contributed by atoms with E-state index >= 15 is 0 Å². The summed E-state index contributed by atoms with van der Waals surface area (Å²) < 4.78 is 10.6. The molecule has 0 spiro atoms. The van der Waals surface area contributed by atoms with Gasteiger partial charge in [0.15, 0.2) is 11.4 Å². The van der Waals surface area contributed by atoms with Crippen molar-refractivity contribution in [2.45, 2.75) is 24.7 Å². The van der Waals surface area contributed by atoms with Crippen molar-refractivity contribution in [3.8, 4) is 11.5 Å². The molecule has 1 aliphatic rings. The van der Waals surface area contributed by atoms with Gasteiger partial charge in [-0.05, 0) is 42.2 Å². The van der Waals surface area contributed by atoms with Gasteiger partial charge in [-0.15, -0.1) is 11.3 Å². The van der Waals surface area contributed by atoms with Crippen molar-refractivity contribution >= 4 is 28.7 Å². The number of aromatic nitrogens is 1. The zero-order valence-corrected chi connectivity index (χ0v) is 17.6. The Morgan fingerprint density at radius 3 is 2.50 bits per heavy atom. The Bertz CT molecular complexity index is 1070. The molecule has 1 amide bonds. The van der Waals surface area contributed by atoms with E-state index in [1.807, 2.05) is 48.5 Å². The number of thiazole rings is 1. The van der Waals surface area contributed by atoms with Crippen molar-refractivity contribution in [3.63, 3.8) is 0 Å². The van der Waals surface area contributed by atoms with Crippen molar-refractivity contribution in [2.75, 3.05) is 19.5 Å². The third-order valence-corrected chi connectivity index (χ3v) is 6.42. The van der Waals surface area contributed by atoms with Gasteiger partial charge in [0, 0.05) is 11.3 Å². The van der Waals surface area contributed by atoms with Gasteiger partial charge in [-0.2, -0.15) is 0 Å². The average molecular weight is 423 g/mol. The first-order valence-corrected chi connectivity index (χ1v) is 10.4. The van der Waals surface area contributed by atoms with Crippen LogP contribution >= 0.6 is 11.3 Å². The molecule has 1 fully saturated rings. The van der Waals surface area contributed by atoms with E-state index < -0.39 is 5.41 Å². The number of nitrogens with one attached hydrogen (secondary N) is 1. The van der Waals surface area contributed by atoms with Crippen LogP contribution in [0.15, 0.2) is 48.5 Å². The van der Waals surface area contributed by atoms with Crippen LogP contribution in [0.3, 0.4) is 0 Å². The number of para-hydroxylation sites is 1. The van der Waals surface area contributed by atoms with Gasteiger partial charge in [-0.25, -0.2) is 4.98 Å². The van der Waals surface area contributed by atoms with Crippen LogP contribution in [-0.2, 0) is 16.6 Å². The van der Waals surface area contributed by atoms with E-state index in [2.05, 4.69) is 10.3 Å². The van der Waals surface area contributed by atoms with E-state index in [4.69, 9.17) is 9.47 Å². The van der Waals surface area contributed by atoms with Crippen LogP contribution in [0.4, 0.5) is 5.13 Å². The number of amides is 1. The molecule has 2 aromatic carbocycles. The molecule has 0 aliphatic heterocycles. The molecule has 0 radical (unpaired) electrons. The minimum absolute atomic E-state index is 0.0947. The van der Waals surface area contributed by atoms with Crippen molar-refractivity contribution < 1.29 is 19.1 Å². The lowest BCUT2D eigenvalue weighted by Gasteiger charge is -2.15. The summed E-state index contributed by atoms with van der Waals surface area (Å²) in [6.45, 7) is 0. The first kappa shape index (κ1) is 20.1. The van der Waals surface area contributed by atoms with Gasteiger partial charge in [0.05, 0.1) is 19.6 Å². The molecule has 1 N–H and O–H groups in total. The summed E-state index contributed by atoms with van der Waals surface area (Å²) in [6.07, 6.45) is 2.80. The molecule has 0 unspecified atom stereocenters. The minimum Gasteiger partial charge on any atom is -0.497 e. The predicted octanol–water partition coefficient (Wildman–Crippen LogP) is 4.23. The number of anilines is 1. The number of rotatable bonds is 8. The number of carbonyl (C=O) groups excluding carboxylic acids is 2. The van der Waals surface area contributed by atoms with E-state index in [0.717, 1.165) is 46.6 Å². The van der Waals surface area contributed by atoms with Crippen LogP contribution in [0.25, 0.3) is 0 Å². The number of ether oxygens (including phenoxy) is 2. The Hall–Kier alpha value is -3.19. The molecule has 4 rings (SSSR count). The first-order valence-electron chi connectivity index (χ1n) is 9.62. The SMILES string of the molecule is COc1ccc(C2(C(=O)Nc3nc(C=O)c(Cc4ccccc4OC)s3)CC2)cc1. The molecule has 1 saturated carbocycles. The van der Waals surface area contributed by atoms with Crippen molar-refractivity contribution in [2.24, 2.45) is 0 Å². The quantitative estimate of drug-likeness (QED) is 0.550. The maximum Gasteiger partial charge on any atom is 0.236 e. The third-order valence-electron chi connectivity index (χ3n) is 5.43. The largest absolute Gasteiger partial charge is 0.497 e. The highest BCUT2D eigenvalue weighted by molar-refractivity contribution is 7.16. The summed E-state index contributed by atoms with van der Waals surface area (Å²) in [6, 6.07) is 15.2. The van der Waals surface area contributed by atoms with Gasteiger partial charge in [-0.1, -0.05) is 30.3 Å². The lowest BCUT2D eigenvalue weighted by Crippen LogP contribution is -2.27. The summed E-state index contributed by atoms with van der Waals surface area (Å²) in [4.78, 5) is 29.7. The maximum absolute atomic E-state index is 13.0. The van der Waals surface area contributed by atoms with Crippen molar-refractivity contribution in [1.29, 1.82) is 0 Å². The number of benzene rings is 2. The first-order chi connectivity index (χ1) is 14.6. The van der Waals surface area contributed by atoms with Gasteiger partial charge in [-0.3, -0.25) is 9.59 Å². The zero-order chi connectivity index (χ0) is 21.1. The highest BCUT2D eigenvalue weighted by Gasteiger charge is 2.51. The molecule has 30 heavy (non-hydrogen) atoms. The van der Waals surface area contributed by atoms with Crippen molar-refractivity contribution in [3.05, 3.63) is 70.2 Å². The number of carbonyl (C=O) groups is 2. The van der Waals surface area contributed by atoms with Crippen LogP contribution in [-0.4, -0.2) is 31.4 Å². The molecule has 0 saturated heterocycles. The van der Waals surface area contributed by atoms with Crippen LogP contribution in [0, 0.1) is 0 Å². The summed E-state index contributed by atoms with van der Waals surface area (Å²) in [5.41, 5.74) is 1.72. The molecule has 154 valence electrons. The summed E-state index contributed by atoms with van der Waals surface area (Å²) in [5, 5.41) is 3.37. The lowest BCUT2D eigenvalue weighted by molar-refractivity contribution is -0.118. The smallest absolute Gasteiger partial charge is 0.236 e. The fourth-order valence-corrected chi connectivity index (χ4v) is 4.50. The number of nitrogens with zero attached hydrogens (tertiary/aromatic N) is 1. The van der Waals surface area contributed by atoms with E-state index in [1.165, 1.54) is 11.3 Å². The predicted molar refractivity (Wildman–Crippen MR) is 116 cm³/mol. The fourth-order valence-electron chi connectivity index (χ4n) is 3.56. The number of hydrogen-bond donors (Lipinski definition) is 1. The molecular weight excluding hydrogens is 400 g/mol. The molecule has 7 heteroatoms. The van der Waals surface area contributed by atoms with E-state index in [9.17, 15) is 9.59 Å². The highest BCUT2D eigenvalue weighted by atomic mass is 32.1. The summed E-state index contributed by atoms with van der Waals surface area (Å²) in [7, 11) is 3.23. The van der Waals surface area contributed by atoms with Crippen LogP contribution in [0.5, 0.6) is 11.5 Å². The van der Waals surface area contributed by atoms with E-state index in [-0.39, 0.29) is 5.91 Å². The molecular formula is C23H22N2O4S. The van der Waals surface area contributed by atoms with Gasteiger partial charge in [0.2, 0.25) is 5.91 Å². The Balaban J connectivity index is 1.53. The normalized spacial score (nSPS) is 14.1. The molecule has 1 heterocycles. The Labute approximate surface area is 178 Å². The number of hydrogen-bond acceptors (Lipinski definition) is 6. The second kappa shape index (κ2) is 8.28. The number of aldehydes is 1. The molecule has 1 aliphatic carbocycles. The standard InChI is InChI=1S/C23H22N2O4S/c1-28-17-9-7-16(8-10-17)23(11-12-23)21(27)25-22-24-18(14-26)20(30-22)13-15-5-3-4-6-19(15)29-2/h3-10,14H,11-13H2,1-2H3,(H,24,25,27). The number of methoxy groups -OCH3 is 2. The minimum atomic E-state index is -0.540. The second-order valence-corrected chi connectivity index (χ2v) is 8.28. The third kappa shape index (κ3) is 3.80. The molecule has 0 bridgehead atoms. The summed E-state index contributed by atoms with van der Waals surface area (Å²) in [5.74, 6) is 1.42. The van der Waals surface area contributed by atoms with E-state index in [0.29, 0.717) is 17.2 Å². The Morgan fingerprint density at radius 1 is 1.13 bits per heavy atom. The molecule has 3 aromatic rings. The summed E-state index contributed by atoms with van der Waals surface area (Å²) >= 11 is 1.32. The fraction of sp³-hybridized carbons (Fsp3) is 0.261. The van der Waals surface area contributed by atoms with Crippen LogP contribution in [0.2, 0.25) is 0 Å². The average Bonchev–Trinajstić information content (AvgIpc) is 3.51. The molecule has 6 nitrogen and oxygen atoms in total. The second-order valence-electron chi connectivity index (χ2n) is 7.20. The van der Waals surface area contributed by atoms with Gasteiger partial charge < -0.3 is 14.8 Å². The lowest BCUT2D eigenvalue weighted by atomic mass is 9.95. The maximum atomic E-state index is 13.0.